The van der Waals surface area contributed by atoms with Crippen LogP contribution in [0.4, 0.5) is 0 Å². The summed E-state index contributed by atoms with van der Waals surface area (Å²) in [5.74, 6) is -2.06. The number of carbonyl (C=O) groups is 1. The average molecular weight is 356 g/mol. The summed E-state index contributed by atoms with van der Waals surface area (Å²) in [6.07, 6.45) is 3.18. The van der Waals surface area contributed by atoms with Crippen LogP contribution in [0.5, 0.6) is 0 Å². The number of rotatable bonds is 6. The van der Waals surface area contributed by atoms with Gasteiger partial charge in [0.25, 0.3) is 0 Å². The van der Waals surface area contributed by atoms with Gasteiger partial charge in [-0.25, -0.2) is 4.79 Å². The van der Waals surface area contributed by atoms with E-state index in [1.807, 2.05) is 13.8 Å². The summed E-state index contributed by atoms with van der Waals surface area (Å²) in [7, 11) is 1.44. The third kappa shape index (κ3) is 4.82. The first-order valence-corrected chi connectivity index (χ1v) is 8.41. The molecule has 0 radical (unpaired) electrons. The number of allylic oxidation sites excluding steroid dienone is 1. The van der Waals surface area contributed by atoms with Gasteiger partial charge in [0.2, 0.25) is 5.79 Å². The number of methoxy groups -OCH3 is 1. The Morgan fingerprint density at radius 3 is 2.68 bits per heavy atom. The van der Waals surface area contributed by atoms with E-state index in [9.17, 15) is 9.90 Å². The van der Waals surface area contributed by atoms with Crippen molar-refractivity contribution < 1.29 is 33.6 Å². The molecule has 1 unspecified atom stereocenters. The first-order valence-electron chi connectivity index (χ1n) is 8.41. The lowest BCUT2D eigenvalue weighted by molar-refractivity contribution is -0.163. The third-order valence-electron chi connectivity index (χ3n) is 4.13. The second-order valence-electron chi connectivity index (χ2n) is 7.09. The Kier molecular flexibility index (Phi) is 5.63. The fourth-order valence-electron chi connectivity index (χ4n) is 2.95. The van der Waals surface area contributed by atoms with Gasteiger partial charge in [0.1, 0.15) is 11.3 Å². The van der Waals surface area contributed by atoms with E-state index in [-0.39, 0.29) is 18.3 Å². The summed E-state index contributed by atoms with van der Waals surface area (Å²) in [4.78, 5) is 12.1. The number of hydrogen-bond donors (Lipinski definition) is 1. The fraction of sp³-hybridized carbons (Fsp3) is 0.722. The topological polar surface area (TPSA) is 83.5 Å². The lowest BCUT2D eigenvalue weighted by Gasteiger charge is -2.26. The normalized spacial score (nSPS) is 32.2. The van der Waals surface area contributed by atoms with Crippen molar-refractivity contribution in [1.29, 1.82) is 0 Å². The molecule has 0 aromatic rings. The van der Waals surface area contributed by atoms with Crippen LogP contribution >= 0.6 is 0 Å². The molecular weight excluding hydrogens is 328 g/mol. The highest BCUT2D eigenvalue weighted by molar-refractivity contribution is 5.91. The SMILES string of the molecule is CCOC(=O)C1=C/C(=C/[C@](C)(O)C[C@H]2COC(C)(C)O2)OC1(C)OC. The van der Waals surface area contributed by atoms with Gasteiger partial charge in [-0.15, -0.1) is 0 Å². The molecular formula is C18H28O7. The fourth-order valence-corrected chi connectivity index (χ4v) is 2.95. The van der Waals surface area contributed by atoms with Crippen LogP contribution in [-0.2, 0) is 28.5 Å². The van der Waals surface area contributed by atoms with Gasteiger partial charge in [0.05, 0.1) is 24.9 Å². The van der Waals surface area contributed by atoms with Crippen molar-refractivity contribution in [3.63, 3.8) is 0 Å². The summed E-state index contributed by atoms with van der Waals surface area (Å²) in [5, 5.41) is 10.7. The van der Waals surface area contributed by atoms with Gasteiger partial charge in [-0.3, -0.25) is 0 Å². The van der Waals surface area contributed by atoms with E-state index in [1.54, 1.807) is 26.8 Å². The van der Waals surface area contributed by atoms with Crippen LogP contribution in [0.3, 0.4) is 0 Å². The summed E-state index contributed by atoms with van der Waals surface area (Å²) in [6.45, 7) is 9.33. The number of carbonyl (C=O) groups excluding carboxylic acids is 1. The molecule has 0 spiro atoms. The predicted molar refractivity (Wildman–Crippen MR) is 89.4 cm³/mol. The maximum Gasteiger partial charge on any atom is 0.340 e. The van der Waals surface area contributed by atoms with Crippen molar-refractivity contribution in [2.24, 2.45) is 0 Å². The molecule has 0 aromatic heterocycles. The standard InChI is InChI=1S/C18H28O7/c1-7-22-15(19)14-8-12(25-18(14,5)21-6)9-17(4,20)10-13-11-23-16(2,3)24-13/h8-9,13,20H,7,10-11H2,1-6H3/b12-9-/t13-,17-,18?/m0/s1. The summed E-state index contributed by atoms with van der Waals surface area (Å²) < 4.78 is 27.3. The molecule has 0 saturated carbocycles. The lowest BCUT2D eigenvalue weighted by atomic mass is 9.97. The minimum atomic E-state index is -1.25. The molecule has 2 aliphatic rings. The van der Waals surface area contributed by atoms with Crippen molar-refractivity contribution in [2.45, 2.75) is 64.3 Å². The van der Waals surface area contributed by atoms with Crippen LogP contribution in [0.2, 0.25) is 0 Å². The molecule has 0 bridgehead atoms. The Labute approximate surface area is 148 Å². The average Bonchev–Trinajstić information content (AvgIpc) is 2.98. The maximum absolute atomic E-state index is 12.1. The second-order valence-corrected chi connectivity index (χ2v) is 7.09. The van der Waals surface area contributed by atoms with Crippen molar-refractivity contribution in [3.05, 3.63) is 23.5 Å². The maximum atomic E-state index is 12.1. The highest BCUT2D eigenvalue weighted by Gasteiger charge is 2.43. The molecule has 2 heterocycles. The third-order valence-corrected chi connectivity index (χ3v) is 4.13. The highest BCUT2D eigenvalue weighted by atomic mass is 16.7. The van der Waals surface area contributed by atoms with E-state index in [1.165, 1.54) is 13.2 Å². The van der Waals surface area contributed by atoms with Crippen LogP contribution in [0.1, 0.15) is 41.0 Å². The summed E-state index contributed by atoms with van der Waals surface area (Å²) in [6, 6.07) is 0. The Balaban J connectivity index is 2.15. The second kappa shape index (κ2) is 7.07. The van der Waals surface area contributed by atoms with Crippen LogP contribution in [0.25, 0.3) is 0 Å². The zero-order valence-electron chi connectivity index (χ0n) is 15.8. The number of aliphatic hydroxyl groups is 1. The van der Waals surface area contributed by atoms with Gasteiger partial charge in [0.15, 0.2) is 5.79 Å². The molecule has 1 saturated heterocycles. The smallest absolute Gasteiger partial charge is 0.340 e. The first kappa shape index (κ1) is 19.9. The molecule has 7 heteroatoms. The number of hydrogen-bond acceptors (Lipinski definition) is 7. The number of esters is 1. The van der Waals surface area contributed by atoms with E-state index in [4.69, 9.17) is 23.7 Å². The van der Waals surface area contributed by atoms with Crippen LogP contribution in [-0.4, -0.2) is 54.7 Å². The van der Waals surface area contributed by atoms with E-state index in [2.05, 4.69) is 0 Å². The van der Waals surface area contributed by atoms with Gasteiger partial charge >= 0.3 is 5.97 Å². The minimum absolute atomic E-state index is 0.231. The van der Waals surface area contributed by atoms with Crippen LogP contribution in [0.15, 0.2) is 23.5 Å². The van der Waals surface area contributed by atoms with Gasteiger partial charge < -0.3 is 28.8 Å². The number of ether oxygens (including phenoxy) is 5. The molecule has 1 N–H and O–H groups in total. The van der Waals surface area contributed by atoms with E-state index in [0.717, 1.165) is 0 Å². The molecule has 0 amide bonds. The Morgan fingerprint density at radius 1 is 1.48 bits per heavy atom. The monoisotopic (exact) mass is 356 g/mol. The Hall–Kier alpha value is -1.41. The van der Waals surface area contributed by atoms with Crippen molar-refractivity contribution in [3.8, 4) is 0 Å². The van der Waals surface area contributed by atoms with Gasteiger partial charge in [-0.2, -0.15) is 0 Å². The van der Waals surface area contributed by atoms with E-state index >= 15 is 0 Å². The zero-order chi connectivity index (χ0) is 18.9. The van der Waals surface area contributed by atoms with Crippen LogP contribution in [0, 0.1) is 0 Å². The van der Waals surface area contributed by atoms with Gasteiger partial charge in [0, 0.05) is 20.5 Å². The molecule has 3 atom stereocenters. The molecule has 0 aliphatic carbocycles. The Morgan fingerprint density at radius 2 is 2.16 bits per heavy atom. The predicted octanol–water partition coefficient (Wildman–Crippen LogP) is 2.05. The first-order chi connectivity index (χ1) is 11.5. The Bertz CT molecular complexity index is 576. The largest absolute Gasteiger partial charge is 0.462 e. The molecule has 1 fully saturated rings. The molecule has 7 nitrogen and oxygen atoms in total. The zero-order valence-corrected chi connectivity index (χ0v) is 15.8. The lowest BCUT2D eigenvalue weighted by Crippen LogP contribution is -2.34. The van der Waals surface area contributed by atoms with Gasteiger partial charge in [-0.1, -0.05) is 0 Å². The molecule has 142 valence electrons. The molecule has 0 aromatic carbocycles. The van der Waals surface area contributed by atoms with Gasteiger partial charge in [-0.05, 0) is 39.8 Å². The quantitative estimate of drug-likeness (QED) is 0.729. The van der Waals surface area contributed by atoms with Crippen molar-refractivity contribution in [1.82, 2.24) is 0 Å². The molecule has 25 heavy (non-hydrogen) atoms. The van der Waals surface area contributed by atoms with Crippen LogP contribution < -0.4 is 0 Å². The summed E-state index contributed by atoms with van der Waals surface area (Å²) in [5.41, 5.74) is -0.959. The van der Waals surface area contributed by atoms with Crippen molar-refractivity contribution >= 4 is 5.97 Å². The molecule has 2 rings (SSSR count). The minimum Gasteiger partial charge on any atom is -0.462 e. The van der Waals surface area contributed by atoms with Crippen molar-refractivity contribution in [2.75, 3.05) is 20.3 Å². The highest BCUT2D eigenvalue weighted by Crippen LogP contribution is 2.36. The summed E-state index contributed by atoms with van der Waals surface area (Å²) >= 11 is 0. The van der Waals surface area contributed by atoms with E-state index < -0.39 is 23.1 Å². The van der Waals surface area contributed by atoms with E-state index in [0.29, 0.717) is 18.8 Å². The molecule has 2 aliphatic heterocycles.